The van der Waals surface area contributed by atoms with E-state index in [4.69, 9.17) is 0 Å². The van der Waals surface area contributed by atoms with Crippen molar-refractivity contribution in [2.75, 3.05) is 10.5 Å². The highest BCUT2D eigenvalue weighted by Gasteiger charge is 2.17. The van der Waals surface area contributed by atoms with Gasteiger partial charge in [-0.3, -0.25) is 4.72 Å². The van der Waals surface area contributed by atoms with Crippen molar-refractivity contribution in [3.63, 3.8) is 0 Å². The quantitative estimate of drug-likeness (QED) is 0.908. The summed E-state index contributed by atoms with van der Waals surface area (Å²) in [6, 6.07) is 7.34. The van der Waals surface area contributed by atoms with Crippen LogP contribution in [0.2, 0.25) is 0 Å². The Balaban J connectivity index is 2.01. The van der Waals surface area contributed by atoms with Crippen molar-refractivity contribution in [1.82, 2.24) is 0 Å². The van der Waals surface area contributed by atoms with Gasteiger partial charge in [-0.25, -0.2) is 8.42 Å². The fourth-order valence-corrected chi connectivity index (χ4v) is 3.27. The lowest BCUT2D eigenvalue weighted by molar-refractivity contribution is 0.588. The van der Waals surface area contributed by atoms with Crippen LogP contribution in [0.5, 0.6) is 0 Å². The van der Waals surface area contributed by atoms with Crippen molar-refractivity contribution < 1.29 is 8.42 Å². The molecule has 4 heteroatoms. The Hall–Kier alpha value is -1.55. The zero-order valence-electron chi connectivity index (χ0n) is 10.3. The van der Waals surface area contributed by atoms with Gasteiger partial charge in [0.15, 0.2) is 0 Å². The third kappa shape index (κ3) is 3.74. The number of benzene rings is 1. The number of nitrogens with one attached hydrogen (secondary N) is 1. The number of hydrogen-bond donors (Lipinski definition) is 1. The van der Waals surface area contributed by atoms with Gasteiger partial charge in [0.1, 0.15) is 0 Å². The summed E-state index contributed by atoms with van der Waals surface area (Å²) in [5, 5.41) is 0. The molecule has 0 bridgehead atoms. The highest BCUT2D eigenvalue weighted by atomic mass is 32.2. The van der Waals surface area contributed by atoms with Gasteiger partial charge in [-0.05, 0) is 31.4 Å². The van der Waals surface area contributed by atoms with Crippen LogP contribution in [0, 0.1) is 12.8 Å². The van der Waals surface area contributed by atoms with E-state index in [-0.39, 0.29) is 11.7 Å². The van der Waals surface area contributed by atoms with Crippen LogP contribution in [0.25, 0.3) is 0 Å². The van der Waals surface area contributed by atoms with Gasteiger partial charge in [0, 0.05) is 5.69 Å². The maximum absolute atomic E-state index is 12.0. The molecule has 1 atom stereocenters. The predicted molar refractivity (Wildman–Crippen MR) is 75.0 cm³/mol. The molecule has 0 amide bonds. The van der Waals surface area contributed by atoms with E-state index in [2.05, 4.69) is 4.72 Å². The van der Waals surface area contributed by atoms with Crippen molar-refractivity contribution in [3.05, 3.63) is 54.1 Å². The van der Waals surface area contributed by atoms with Crippen LogP contribution in [-0.2, 0) is 10.0 Å². The predicted octanol–water partition coefficient (Wildman–Crippen LogP) is 2.87. The van der Waals surface area contributed by atoms with Crippen molar-refractivity contribution in [3.8, 4) is 0 Å². The van der Waals surface area contributed by atoms with Crippen LogP contribution in [0.15, 0.2) is 48.6 Å². The van der Waals surface area contributed by atoms with Gasteiger partial charge < -0.3 is 0 Å². The fraction of sp³-hybridized carbons (Fsp3) is 0.286. The molecule has 0 aromatic heterocycles. The molecule has 1 aliphatic carbocycles. The second-order valence-electron chi connectivity index (χ2n) is 4.56. The van der Waals surface area contributed by atoms with Gasteiger partial charge in [-0.15, -0.1) is 0 Å². The summed E-state index contributed by atoms with van der Waals surface area (Å²) in [6.45, 7) is 1.97. The molecule has 2 rings (SSSR count). The maximum atomic E-state index is 12.0. The third-order valence-corrected chi connectivity index (χ3v) is 4.24. The number of anilines is 1. The second-order valence-corrected chi connectivity index (χ2v) is 6.33. The summed E-state index contributed by atoms with van der Waals surface area (Å²) in [7, 11) is -3.28. The van der Waals surface area contributed by atoms with Crippen LogP contribution in [0.4, 0.5) is 5.69 Å². The first-order chi connectivity index (χ1) is 8.55. The molecule has 1 N–H and O–H groups in total. The first-order valence-electron chi connectivity index (χ1n) is 5.96. The van der Waals surface area contributed by atoms with Crippen LogP contribution in [0.1, 0.15) is 12.0 Å². The molecule has 0 saturated heterocycles. The Morgan fingerprint density at radius 2 is 1.94 bits per heavy atom. The van der Waals surface area contributed by atoms with Gasteiger partial charge in [-0.1, -0.05) is 42.0 Å². The molecule has 1 aromatic rings. The smallest absolute Gasteiger partial charge is 0.233 e. The molecule has 96 valence electrons. The molecule has 1 unspecified atom stereocenters. The average Bonchev–Trinajstić information content (AvgIpc) is 2.32. The van der Waals surface area contributed by atoms with Gasteiger partial charge in [0.25, 0.3) is 0 Å². The van der Waals surface area contributed by atoms with Crippen LogP contribution in [0.3, 0.4) is 0 Å². The average molecular weight is 263 g/mol. The molecule has 0 saturated carbocycles. The molecule has 0 spiro atoms. The van der Waals surface area contributed by atoms with Crippen molar-refractivity contribution >= 4 is 15.7 Å². The number of allylic oxidation sites excluding steroid dienone is 4. The lowest BCUT2D eigenvalue weighted by atomic mass is 10.0. The minimum absolute atomic E-state index is 0.0675. The standard InChI is InChI=1S/C14H17NO2S/c1-12-7-9-14(10-8-12)15-18(16,17)11-13-5-3-2-4-6-13/h2-5,7-10,13,15H,6,11H2,1H3. The molecule has 0 fully saturated rings. The minimum Gasteiger partial charge on any atom is -0.284 e. The van der Waals surface area contributed by atoms with E-state index in [1.165, 1.54) is 0 Å². The summed E-state index contributed by atoms with van der Waals surface area (Å²) in [5.41, 5.74) is 1.73. The Kier molecular flexibility index (Phi) is 3.87. The van der Waals surface area contributed by atoms with Gasteiger partial charge >= 0.3 is 0 Å². The van der Waals surface area contributed by atoms with E-state index in [9.17, 15) is 8.42 Å². The SMILES string of the molecule is Cc1ccc(NS(=O)(=O)CC2C=CC=CC2)cc1. The summed E-state index contributed by atoms with van der Waals surface area (Å²) >= 11 is 0. The van der Waals surface area contributed by atoms with Crippen LogP contribution >= 0.6 is 0 Å². The first kappa shape index (κ1) is 12.9. The Morgan fingerprint density at radius 1 is 1.22 bits per heavy atom. The largest absolute Gasteiger partial charge is 0.284 e. The molecule has 1 aliphatic rings. The molecular weight excluding hydrogens is 246 g/mol. The van der Waals surface area contributed by atoms with E-state index in [0.717, 1.165) is 12.0 Å². The van der Waals surface area contributed by atoms with E-state index in [0.29, 0.717) is 5.69 Å². The zero-order valence-corrected chi connectivity index (χ0v) is 11.2. The molecular formula is C14H17NO2S. The summed E-state index contributed by atoms with van der Waals surface area (Å²) in [6.07, 6.45) is 8.55. The monoisotopic (exact) mass is 263 g/mol. The van der Waals surface area contributed by atoms with E-state index < -0.39 is 10.0 Å². The Labute approximate surface area is 108 Å². The molecule has 0 aliphatic heterocycles. The molecule has 1 aromatic carbocycles. The van der Waals surface area contributed by atoms with Gasteiger partial charge in [-0.2, -0.15) is 0 Å². The van der Waals surface area contributed by atoms with Crippen LogP contribution < -0.4 is 4.72 Å². The van der Waals surface area contributed by atoms with E-state index in [1.807, 2.05) is 43.4 Å². The molecule has 3 nitrogen and oxygen atoms in total. The molecule has 0 radical (unpaired) electrons. The second kappa shape index (κ2) is 5.40. The fourth-order valence-electron chi connectivity index (χ4n) is 1.88. The third-order valence-electron chi connectivity index (χ3n) is 2.83. The van der Waals surface area contributed by atoms with Crippen LogP contribution in [-0.4, -0.2) is 14.2 Å². The zero-order chi connectivity index (χ0) is 13.0. The normalized spacial score (nSPS) is 18.8. The van der Waals surface area contributed by atoms with E-state index in [1.54, 1.807) is 12.1 Å². The van der Waals surface area contributed by atoms with Gasteiger partial charge in [0.2, 0.25) is 10.0 Å². The number of aryl methyl sites for hydroxylation is 1. The molecule has 18 heavy (non-hydrogen) atoms. The number of rotatable bonds is 4. The first-order valence-corrected chi connectivity index (χ1v) is 7.61. The Bertz CT molecular complexity index is 556. The van der Waals surface area contributed by atoms with Crippen molar-refractivity contribution in [2.24, 2.45) is 5.92 Å². The highest BCUT2D eigenvalue weighted by molar-refractivity contribution is 7.92. The highest BCUT2D eigenvalue weighted by Crippen LogP contribution is 2.16. The Morgan fingerprint density at radius 3 is 2.56 bits per heavy atom. The summed E-state index contributed by atoms with van der Waals surface area (Å²) < 4.78 is 26.6. The topological polar surface area (TPSA) is 46.2 Å². The molecule has 0 heterocycles. The van der Waals surface area contributed by atoms with Gasteiger partial charge in [0.05, 0.1) is 5.75 Å². The maximum Gasteiger partial charge on any atom is 0.233 e. The number of sulfonamides is 1. The van der Waals surface area contributed by atoms with E-state index >= 15 is 0 Å². The minimum atomic E-state index is -3.28. The van der Waals surface area contributed by atoms with Crippen molar-refractivity contribution in [1.29, 1.82) is 0 Å². The lowest BCUT2D eigenvalue weighted by Gasteiger charge is -2.14. The summed E-state index contributed by atoms with van der Waals surface area (Å²) in [4.78, 5) is 0. The lowest BCUT2D eigenvalue weighted by Crippen LogP contribution is -2.22. The van der Waals surface area contributed by atoms with Crippen molar-refractivity contribution in [2.45, 2.75) is 13.3 Å². The number of hydrogen-bond acceptors (Lipinski definition) is 2. The summed E-state index contributed by atoms with van der Waals surface area (Å²) in [5.74, 6) is 0.194.